The first-order valence-corrected chi connectivity index (χ1v) is 11.4. The average Bonchev–Trinajstić information content (AvgIpc) is 2.70. The van der Waals surface area contributed by atoms with Gasteiger partial charge in [0, 0.05) is 12.1 Å². The van der Waals surface area contributed by atoms with Gasteiger partial charge in [-0.1, -0.05) is 57.8 Å². The van der Waals surface area contributed by atoms with E-state index in [9.17, 15) is 14.4 Å². The van der Waals surface area contributed by atoms with E-state index in [2.05, 4.69) is 0 Å². The molecule has 0 bridgehead atoms. The second-order valence-corrected chi connectivity index (χ2v) is 9.16. The lowest BCUT2D eigenvalue weighted by molar-refractivity contribution is -0.156. The van der Waals surface area contributed by atoms with E-state index in [-0.39, 0.29) is 35.8 Å². The fourth-order valence-electron chi connectivity index (χ4n) is 5.93. The number of urea groups is 1. The van der Waals surface area contributed by atoms with Gasteiger partial charge in [0.2, 0.25) is 11.8 Å². The first-order valence-electron chi connectivity index (χ1n) is 11.4. The third kappa shape index (κ3) is 3.66. The summed E-state index contributed by atoms with van der Waals surface area (Å²) < 4.78 is 0. The van der Waals surface area contributed by atoms with Crippen LogP contribution in [0.5, 0.6) is 0 Å². The summed E-state index contributed by atoms with van der Waals surface area (Å²) in [7, 11) is 0. The van der Waals surface area contributed by atoms with Gasteiger partial charge in [-0.3, -0.25) is 19.4 Å². The van der Waals surface area contributed by atoms with Gasteiger partial charge in [-0.25, -0.2) is 4.79 Å². The van der Waals surface area contributed by atoms with Crippen molar-refractivity contribution >= 4 is 17.8 Å². The molecule has 0 spiro atoms. The maximum Gasteiger partial charge on any atom is 0.333 e. The molecule has 0 radical (unpaired) electrons. The Kier molecular flexibility index (Phi) is 5.84. The van der Waals surface area contributed by atoms with Crippen LogP contribution < -0.4 is 0 Å². The van der Waals surface area contributed by atoms with E-state index in [4.69, 9.17) is 0 Å². The summed E-state index contributed by atoms with van der Waals surface area (Å²) in [6.45, 7) is 0. The maximum atomic E-state index is 13.4. The van der Waals surface area contributed by atoms with Crippen LogP contribution in [0.15, 0.2) is 0 Å². The molecule has 3 saturated carbocycles. The van der Waals surface area contributed by atoms with Crippen LogP contribution in [-0.2, 0) is 9.59 Å². The van der Waals surface area contributed by atoms with Crippen molar-refractivity contribution in [2.45, 2.75) is 108 Å². The van der Waals surface area contributed by atoms with E-state index < -0.39 is 5.92 Å². The van der Waals surface area contributed by atoms with Crippen LogP contribution in [0.25, 0.3) is 0 Å². The second-order valence-electron chi connectivity index (χ2n) is 9.16. The van der Waals surface area contributed by atoms with Crippen LogP contribution in [0, 0.1) is 11.8 Å². The highest BCUT2D eigenvalue weighted by molar-refractivity contribution is 6.16. The van der Waals surface area contributed by atoms with E-state index in [1.165, 1.54) is 19.3 Å². The molecule has 0 atom stereocenters. The lowest BCUT2D eigenvalue weighted by atomic mass is 9.77. The predicted molar refractivity (Wildman–Crippen MR) is 103 cm³/mol. The van der Waals surface area contributed by atoms with Gasteiger partial charge in [0.05, 0.1) is 0 Å². The van der Waals surface area contributed by atoms with E-state index in [0.717, 1.165) is 77.0 Å². The smallest absolute Gasteiger partial charge is 0.273 e. The van der Waals surface area contributed by atoms with Crippen molar-refractivity contribution in [3.63, 3.8) is 0 Å². The van der Waals surface area contributed by atoms with Gasteiger partial charge in [0.15, 0.2) is 0 Å². The lowest BCUT2D eigenvalue weighted by Gasteiger charge is -2.47. The molecule has 4 fully saturated rings. The molecule has 0 aromatic heterocycles. The Morgan fingerprint density at radius 1 is 0.519 bits per heavy atom. The Labute approximate surface area is 162 Å². The fourth-order valence-corrected chi connectivity index (χ4v) is 5.93. The maximum absolute atomic E-state index is 13.4. The summed E-state index contributed by atoms with van der Waals surface area (Å²) in [4.78, 5) is 43.3. The van der Waals surface area contributed by atoms with Gasteiger partial charge >= 0.3 is 6.03 Å². The summed E-state index contributed by atoms with van der Waals surface area (Å²) in [6.07, 6.45) is 15.6. The molecule has 1 aliphatic heterocycles. The van der Waals surface area contributed by atoms with Gasteiger partial charge in [-0.05, 0) is 44.4 Å². The molecule has 0 aromatic carbocycles. The summed E-state index contributed by atoms with van der Waals surface area (Å²) in [6, 6.07) is -0.288. The number of hydrogen-bond donors (Lipinski definition) is 0. The average molecular weight is 375 g/mol. The zero-order chi connectivity index (χ0) is 18.8. The van der Waals surface area contributed by atoms with Crippen molar-refractivity contribution in [3.8, 4) is 0 Å². The topological polar surface area (TPSA) is 57.7 Å². The zero-order valence-corrected chi connectivity index (χ0v) is 16.5. The third-order valence-corrected chi connectivity index (χ3v) is 7.42. The van der Waals surface area contributed by atoms with Gasteiger partial charge < -0.3 is 0 Å². The molecule has 5 heteroatoms. The molecule has 27 heavy (non-hydrogen) atoms. The molecule has 4 rings (SSSR count). The first kappa shape index (κ1) is 18.9. The monoisotopic (exact) mass is 374 g/mol. The fraction of sp³-hybridized carbons (Fsp3) is 0.864. The molecule has 1 saturated heterocycles. The van der Waals surface area contributed by atoms with Crippen LogP contribution >= 0.6 is 0 Å². The number of nitrogens with zero attached hydrogens (tertiary/aromatic N) is 2. The van der Waals surface area contributed by atoms with Gasteiger partial charge in [-0.15, -0.1) is 0 Å². The van der Waals surface area contributed by atoms with Crippen LogP contribution in [-0.4, -0.2) is 39.7 Å². The minimum atomic E-state index is -0.605. The van der Waals surface area contributed by atoms with Crippen LogP contribution in [0.2, 0.25) is 0 Å². The van der Waals surface area contributed by atoms with E-state index >= 15 is 0 Å². The Balaban J connectivity index is 1.64. The summed E-state index contributed by atoms with van der Waals surface area (Å²) in [5.74, 6) is -0.817. The van der Waals surface area contributed by atoms with Gasteiger partial charge in [-0.2, -0.15) is 0 Å². The van der Waals surface area contributed by atoms with Crippen molar-refractivity contribution in [1.82, 2.24) is 9.80 Å². The number of carbonyl (C=O) groups is 3. The van der Waals surface area contributed by atoms with Gasteiger partial charge in [0.1, 0.15) is 5.92 Å². The Bertz CT molecular complexity index is 473. The van der Waals surface area contributed by atoms with Crippen molar-refractivity contribution in [3.05, 3.63) is 0 Å². The van der Waals surface area contributed by atoms with Crippen LogP contribution in [0.4, 0.5) is 4.79 Å². The number of amides is 4. The highest BCUT2D eigenvalue weighted by Gasteiger charge is 2.52. The highest BCUT2D eigenvalue weighted by atomic mass is 16.2. The zero-order valence-electron chi connectivity index (χ0n) is 16.5. The summed E-state index contributed by atoms with van der Waals surface area (Å²) in [5.41, 5.74) is 0. The largest absolute Gasteiger partial charge is 0.333 e. The normalized spacial score (nSPS) is 28.2. The molecule has 4 amide bonds. The Morgan fingerprint density at radius 3 is 1.30 bits per heavy atom. The Morgan fingerprint density at radius 2 is 0.889 bits per heavy atom. The molecule has 150 valence electrons. The molecule has 0 N–H and O–H groups in total. The predicted octanol–water partition coefficient (Wildman–Crippen LogP) is 4.64. The molecule has 5 nitrogen and oxygen atoms in total. The van der Waals surface area contributed by atoms with Crippen molar-refractivity contribution in [2.75, 3.05) is 0 Å². The molecule has 3 aliphatic carbocycles. The van der Waals surface area contributed by atoms with E-state index in [1.807, 2.05) is 0 Å². The van der Waals surface area contributed by atoms with Gasteiger partial charge in [0.25, 0.3) is 0 Å². The molecular weight excluding hydrogens is 340 g/mol. The standard InChI is InChI=1S/C22H34N2O3/c25-20-19(16-10-4-1-5-11-16)21(26)24(18-14-8-3-9-15-18)22(27)23(20)17-12-6-2-7-13-17/h16-19H,1-15H2. The summed E-state index contributed by atoms with van der Waals surface area (Å²) in [5, 5.41) is 0. The minimum Gasteiger partial charge on any atom is -0.273 e. The highest BCUT2D eigenvalue weighted by Crippen LogP contribution is 2.39. The van der Waals surface area contributed by atoms with E-state index in [1.54, 1.807) is 9.80 Å². The Hall–Kier alpha value is -1.39. The second kappa shape index (κ2) is 8.32. The van der Waals surface area contributed by atoms with E-state index in [0.29, 0.717) is 0 Å². The lowest BCUT2D eigenvalue weighted by Crippen LogP contribution is -2.66. The van der Waals surface area contributed by atoms with Crippen molar-refractivity contribution < 1.29 is 14.4 Å². The SMILES string of the molecule is O=C1C(C2CCCCC2)C(=O)N(C2CCCCC2)C(=O)N1C1CCCCC1. The molecular formula is C22H34N2O3. The van der Waals surface area contributed by atoms with Crippen molar-refractivity contribution in [2.24, 2.45) is 11.8 Å². The quantitative estimate of drug-likeness (QED) is 0.676. The first-order chi connectivity index (χ1) is 13.2. The summed E-state index contributed by atoms with van der Waals surface area (Å²) >= 11 is 0. The number of carbonyl (C=O) groups excluding carboxylic acids is 3. The molecule has 0 unspecified atom stereocenters. The molecule has 0 aromatic rings. The van der Waals surface area contributed by atoms with Crippen molar-refractivity contribution in [1.29, 1.82) is 0 Å². The number of rotatable bonds is 3. The minimum absolute atomic E-state index is 0.00373. The number of barbiturate groups is 1. The molecule has 1 heterocycles. The number of imide groups is 2. The van der Waals surface area contributed by atoms with Crippen LogP contribution in [0.3, 0.4) is 0 Å². The molecule has 4 aliphatic rings. The third-order valence-electron chi connectivity index (χ3n) is 7.42. The number of hydrogen-bond acceptors (Lipinski definition) is 3. The van der Waals surface area contributed by atoms with Crippen LogP contribution in [0.1, 0.15) is 96.3 Å².